The van der Waals surface area contributed by atoms with Crippen molar-refractivity contribution in [2.75, 3.05) is 0 Å². The number of aliphatic imine (C=N–C) groups is 1. The van der Waals surface area contributed by atoms with Crippen LogP contribution in [0, 0.1) is 6.92 Å². The van der Waals surface area contributed by atoms with E-state index in [9.17, 15) is 15.0 Å². The van der Waals surface area contributed by atoms with E-state index in [1.54, 1.807) is 30.3 Å². The number of nitrogens with zero attached hydrogens (tertiary/aromatic N) is 1. The van der Waals surface area contributed by atoms with Gasteiger partial charge in [0.2, 0.25) is 0 Å². The van der Waals surface area contributed by atoms with Gasteiger partial charge in [-0.05, 0) is 71.6 Å². The molecular weight excluding hydrogens is 348 g/mol. The summed E-state index contributed by atoms with van der Waals surface area (Å²) in [5, 5.41) is 22.1. The third kappa shape index (κ3) is 3.91. The van der Waals surface area contributed by atoms with Crippen molar-refractivity contribution in [2.45, 2.75) is 26.7 Å². The maximum Gasteiger partial charge on any atom is 0.289 e. The van der Waals surface area contributed by atoms with E-state index in [1.165, 1.54) is 0 Å². The van der Waals surface area contributed by atoms with Crippen LogP contribution in [-0.4, -0.2) is 21.3 Å². The van der Waals surface area contributed by atoms with E-state index in [4.69, 9.17) is 0 Å². The first-order valence-electron chi connectivity index (χ1n) is 8.25. The second-order valence-corrected chi connectivity index (χ2v) is 7.44. The Balaban J connectivity index is 2.02. The van der Waals surface area contributed by atoms with Crippen molar-refractivity contribution in [3.63, 3.8) is 0 Å². The van der Waals surface area contributed by atoms with E-state index in [0.29, 0.717) is 16.4 Å². The Bertz CT molecular complexity index is 915. The lowest BCUT2D eigenvalue weighted by molar-refractivity contribution is 0.265. The SMILES string of the molecule is Cc1cc(O)c(C(C)C)cc1N=C1NC(=O)S/C1=C\c1ccc(O)cc1. The normalized spacial score (nSPS) is 17.3. The van der Waals surface area contributed by atoms with Gasteiger partial charge in [-0.2, -0.15) is 0 Å². The molecule has 6 heteroatoms. The molecular formula is C20H20N2O3S. The van der Waals surface area contributed by atoms with Gasteiger partial charge in [-0.25, -0.2) is 4.99 Å². The number of hydrogen-bond donors (Lipinski definition) is 3. The lowest BCUT2D eigenvalue weighted by Gasteiger charge is -2.11. The Labute approximate surface area is 156 Å². The molecule has 0 bridgehead atoms. The van der Waals surface area contributed by atoms with Crippen molar-refractivity contribution < 1.29 is 15.0 Å². The Morgan fingerprint density at radius 1 is 1.15 bits per heavy atom. The van der Waals surface area contributed by atoms with Crippen molar-refractivity contribution in [3.8, 4) is 11.5 Å². The molecule has 134 valence electrons. The van der Waals surface area contributed by atoms with Crippen LogP contribution in [0.5, 0.6) is 11.5 Å². The highest BCUT2D eigenvalue weighted by molar-refractivity contribution is 8.18. The summed E-state index contributed by atoms with van der Waals surface area (Å²) in [6.45, 7) is 5.88. The van der Waals surface area contributed by atoms with E-state index < -0.39 is 0 Å². The minimum absolute atomic E-state index is 0.161. The predicted molar refractivity (Wildman–Crippen MR) is 106 cm³/mol. The summed E-state index contributed by atoms with van der Waals surface area (Å²) in [5.41, 5.74) is 3.21. The van der Waals surface area contributed by atoms with Gasteiger partial charge in [-0.3, -0.25) is 4.79 Å². The van der Waals surface area contributed by atoms with E-state index >= 15 is 0 Å². The Kier molecular flexibility index (Phi) is 5.04. The molecule has 0 spiro atoms. The Hall–Kier alpha value is -2.73. The molecule has 1 aliphatic heterocycles. The molecule has 1 saturated heterocycles. The van der Waals surface area contributed by atoms with Crippen LogP contribution in [0.1, 0.15) is 36.5 Å². The summed E-state index contributed by atoms with van der Waals surface area (Å²) in [7, 11) is 0. The molecule has 3 N–H and O–H groups in total. The molecule has 0 radical (unpaired) electrons. The number of aryl methyl sites for hydroxylation is 1. The number of nitrogens with one attached hydrogen (secondary N) is 1. The summed E-state index contributed by atoms with van der Waals surface area (Å²) in [6, 6.07) is 10.3. The van der Waals surface area contributed by atoms with Gasteiger partial charge in [-0.1, -0.05) is 26.0 Å². The molecule has 0 aliphatic carbocycles. The third-order valence-corrected chi connectivity index (χ3v) is 4.87. The molecule has 0 saturated carbocycles. The second-order valence-electron chi connectivity index (χ2n) is 6.43. The summed E-state index contributed by atoms with van der Waals surface area (Å²) in [4.78, 5) is 17.2. The fraction of sp³-hybridized carbons (Fsp3) is 0.200. The minimum Gasteiger partial charge on any atom is -0.508 e. The molecule has 2 aromatic rings. The number of amides is 1. The second kappa shape index (κ2) is 7.25. The highest BCUT2D eigenvalue weighted by atomic mass is 32.2. The quantitative estimate of drug-likeness (QED) is 0.707. The first-order chi connectivity index (χ1) is 12.3. The minimum atomic E-state index is -0.186. The first kappa shape index (κ1) is 18.1. The summed E-state index contributed by atoms with van der Waals surface area (Å²) >= 11 is 1.08. The van der Waals surface area contributed by atoms with Gasteiger partial charge < -0.3 is 15.5 Å². The van der Waals surface area contributed by atoms with Crippen molar-refractivity contribution in [2.24, 2.45) is 4.99 Å². The van der Waals surface area contributed by atoms with Crippen LogP contribution in [0.2, 0.25) is 0 Å². The number of carbonyl (C=O) groups is 1. The van der Waals surface area contributed by atoms with Gasteiger partial charge in [0.25, 0.3) is 5.24 Å². The lowest BCUT2D eigenvalue weighted by Crippen LogP contribution is -2.18. The molecule has 2 aromatic carbocycles. The standard InChI is InChI=1S/C20H20N2O3S/c1-11(2)15-10-16(12(3)8-17(15)24)21-19-18(26-20(25)22-19)9-13-4-6-14(23)7-5-13/h4-11,23-24H,1-3H3,(H,21,22,25)/b18-9-. The molecule has 5 nitrogen and oxygen atoms in total. The zero-order valence-corrected chi connectivity index (χ0v) is 15.6. The number of amidine groups is 1. The number of thioether (sulfide) groups is 1. The molecule has 1 fully saturated rings. The number of rotatable bonds is 3. The van der Waals surface area contributed by atoms with Crippen molar-refractivity contribution >= 4 is 34.6 Å². The van der Waals surface area contributed by atoms with Gasteiger partial charge in [0, 0.05) is 0 Å². The maximum atomic E-state index is 11.9. The third-order valence-electron chi connectivity index (χ3n) is 4.05. The zero-order chi connectivity index (χ0) is 18.8. The molecule has 26 heavy (non-hydrogen) atoms. The van der Waals surface area contributed by atoms with Crippen LogP contribution >= 0.6 is 11.8 Å². The van der Waals surface area contributed by atoms with Crippen LogP contribution in [0.3, 0.4) is 0 Å². The van der Waals surface area contributed by atoms with Gasteiger partial charge >= 0.3 is 0 Å². The fourth-order valence-corrected chi connectivity index (χ4v) is 3.37. The van der Waals surface area contributed by atoms with Crippen LogP contribution in [0.25, 0.3) is 6.08 Å². The molecule has 1 aliphatic rings. The molecule has 0 atom stereocenters. The number of phenolic OH excluding ortho intramolecular Hbond substituents is 2. The molecule has 0 aromatic heterocycles. The van der Waals surface area contributed by atoms with E-state index in [0.717, 1.165) is 28.5 Å². The summed E-state index contributed by atoms with van der Waals surface area (Å²) in [5.74, 6) is 1.09. The number of aromatic hydroxyl groups is 2. The molecule has 0 unspecified atom stereocenters. The van der Waals surface area contributed by atoms with E-state index in [2.05, 4.69) is 10.3 Å². The molecule has 3 rings (SSSR count). The zero-order valence-electron chi connectivity index (χ0n) is 14.8. The van der Waals surface area contributed by atoms with E-state index in [1.807, 2.05) is 32.9 Å². The molecule has 1 heterocycles. The van der Waals surface area contributed by atoms with Crippen molar-refractivity contribution in [1.82, 2.24) is 5.32 Å². The van der Waals surface area contributed by atoms with Gasteiger partial charge in [0.15, 0.2) is 0 Å². The number of phenols is 2. The topological polar surface area (TPSA) is 81.9 Å². The van der Waals surface area contributed by atoms with Crippen LogP contribution in [-0.2, 0) is 0 Å². The lowest BCUT2D eigenvalue weighted by atomic mass is 9.99. The largest absolute Gasteiger partial charge is 0.508 e. The Morgan fingerprint density at radius 3 is 2.50 bits per heavy atom. The number of carbonyl (C=O) groups excluding carboxylic acids is 1. The van der Waals surface area contributed by atoms with Crippen LogP contribution in [0.4, 0.5) is 10.5 Å². The monoisotopic (exact) mass is 368 g/mol. The van der Waals surface area contributed by atoms with Crippen LogP contribution < -0.4 is 5.32 Å². The van der Waals surface area contributed by atoms with Crippen LogP contribution in [0.15, 0.2) is 46.3 Å². The van der Waals surface area contributed by atoms with Gasteiger partial charge in [0.05, 0.1) is 10.6 Å². The van der Waals surface area contributed by atoms with Crippen molar-refractivity contribution in [3.05, 3.63) is 58.0 Å². The van der Waals surface area contributed by atoms with Gasteiger partial charge in [-0.15, -0.1) is 0 Å². The molecule has 1 amide bonds. The first-order valence-corrected chi connectivity index (χ1v) is 9.07. The average Bonchev–Trinajstić information content (AvgIpc) is 2.91. The fourth-order valence-electron chi connectivity index (χ4n) is 2.64. The van der Waals surface area contributed by atoms with Crippen molar-refractivity contribution in [1.29, 1.82) is 0 Å². The summed E-state index contributed by atoms with van der Waals surface area (Å²) in [6.07, 6.45) is 1.85. The summed E-state index contributed by atoms with van der Waals surface area (Å²) < 4.78 is 0. The smallest absolute Gasteiger partial charge is 0.289 e. The maximum absolute atomic E-state index is 11.9. The van der Waals surface area contributed by atoms with Gasteiger partial charge in [0.1, 0.15) is 17.3 Å². The predicted octanol–water partition coefficient (Wildman–Crippen LogP) is 5.06. The highest BCUT2D eigenvalue weighted by Gasteiger charge is 2.24. The number of hydrogen-bond acceptors (Lipinski definition) is 5. The number of benzene rings is 2. The van der Waals surface area contributed by atoms with E-state index in [-0.39, 0.29) is 22.7 Å². The Morgan fingerprint density at radius 2 is 1.85 bits per heavy atom. The highest BCUT2D eigenvalue weighted by Crippen LogP contribution is 2.34. The average molecular weight is 368 g/mol.